The Morgan fingerprint density at radius 2 is 1.69 bits per heavy atom. The maximum Gasteiger partial charge on any atom is 0.229 e. The molecule has 3 aromatic rings. The smallest absolute Gasteiger partial charge is 0.229 e. The van der Waals surface area contributed by atoms with Crippen LogP contribution in [0.3, 0.4) is 0 Å². The van der Waals surface area contributed by atoms with E-state index in [-0.39, 0.29) is 18.2 Å². The average Bonchev–Trinajstić information content (AvgIpc) is 3.19. The molecule has 164 valence electrons. The first-order valence-corrected chi connectivity index (χ1v) is 10.5. The summed E-state index contributed by atoms with van der Waals surface area (Å²) in [6, 6.07) is 20.5. The molecule has 1 heterocycles. The number of anilines is 2. The Hall–Kier alpha value is -3.80. The van der Waals surface area contributed by atoms with E-state index >= 15 is 0 Å². The van der Waals surface area contributed by atoms with Crippen LogP contribution in [0, 0.1) is 19.8 Å². The third-order valence-corrected chi connectivity index (χ3v) is 5.78. The zero-order valence-corrected chi connectivity index (χ0v) is 18.4. The van der Waals surface area contributed by atoms with Crippen LogP contribution in [0.1, 0.15) is 17.5 Å². The molecule has 0 radical (unpaired) electrons. The highest BCUT2D eigenvalue weighted by atomic mass is 16.5. The predicted octanol–water partition coefficient (Wildman–Crippen LogP) is 5.10. The number of carbonyl (C=O) groups excluding carboxylic acids is 2. The van der Waals surface area contributed by atoms with Gasteiger partial charge in [-0.15, -0.1) is 0 Å². The standard InChI is InChI=1S/C26H26N2O4/c1-17-7-6-10-23(18(17)2)32-21-13-11-20(12-14-21)27-26(30)19-15-25(29)28(16-19)22-8-4-5-9-24(22)31-3/h4-14,19H,15-16H2,1-3H3,(H,27,30)/t19-/m1/s1. The lowest BCUT2D eigenvalue weighted by atomic mass is 10.1. The lowest BCUT2D eigenvalue weighted by Crippen LogP contribution is -2.28. The molecule has 1 aliphatic heterocycles. The summed E-state index contributed by atoms with van der Waals surface area (Å²) in [6.07, 6.45) is 0.164. The van der Waals surface area contributed by atoms with Crippen molar-refractivity contribution in [2.24, 2.45) is 5.92 Å². The number of carbonyl (C=O) groups is 2. The second-order valence-corrected chi connectivity index (χ2v) is 7.89. The Morgan fingerprint density at radius 3 is 2.44 bits per heavy atom. The number of hydrogen-bond acceptors (Lipinski definition) is 4. The summed E-state index contributed by atoms with van der Waals surface area (Å²) in [4.78, 5) is 27.0. The van der Waals surface area contributed by atoms with Crippen molar-refractivity contribution in [1.82, 2.24) is 0 Å². The molecule has 4 rings (SSSR count). The van der Waals surface area contributed by atoms with Gasteiger partial charge in [-0.05, 0) is 67.4 Å². The van der Waals surface area contributed by atoms with E-state index in [2.05, 4.69) is 5.32 Å². The second kappa shape index (κ2) is 9.14. The summed E-state index contributed by atoms with van der Waals surface area (Å²) in [5.74, 6) is 1.41. The highest BCUT2D eigenvalue weighted by Crippen LogP contribution is 2.33. The van der Waals surface area contributed by atoms with Gasteiger partial charge in [0.2, 0.25) is 11.8 Å². The van der Waals surface area contributed by atoms with Gasteiger partial charge in [-0.2, -0.15) is 0 Å². The fourth-order valence-corrected chi connectivity index (χ4v) is 3.78. The first kappa shape index (κ1) is 21.4. The van der Waals surface area contributed by atoms with Crippen molar-refractivity contribution < 1.29 is 19.1 Å². The first-order valence-electron chi connectivity index (χ1n) is 10.5. The second-order valence-electron chi connectivity index (χ2n) is 7.89. The van der Waals surface area contributed by atoms with Crippen molar-refractivity contribution in [1.29, 1.82) is 0 Å². The quantitative estimate of drug-likeness (QED) is 0.591. The molecule has 6 heteroatoms. The Bertz CT molecular complexity index is 1140. The molecule has 6 nitrogen and oxygen atoms in total. The predicted molar refractivity (Wildman–Crippen MR) is 125 cm³/mol. The number of nitrogens with zero attached hydrogens (tertiary/aromatic N) is 1. The van der Waals surface area contributed by atoms with Crippen molar-refractivity contribution in [2.75, 3.05) is 23.9 Å². The van der Waals surface area contributed by atoms with E-state index in [0.29, 0.717) is 29.4 Å². The molecular formula is C26H26N2O4. The van der Waals surface area contributed by atoms with E-state index in [0.717, 1.165) is 11.3 Å². The Kier molecular flexibility index (Phi) is 6.12. The Morgan fingerprint density at radius 1 is 0.969 bits per heavy atom. The summed E-state index contributed by atoms with van der Waals surface area (Å²) in [7, 11) is 1.57. The van der Waals surface area contributed by atoms with Crippen LogP contribution in [0.2, 0.25) is 0 Å². The van der Waals surface area contributed by atoms with Gasteiger partial charge in [0, 0.05) is 18.7 Å². The van der Waals surface area contributed by atoms with E-state index in [9.17, 15) is 9.59 Å². The van der Waals surface area contributed by atoms with Gasteiger partial charge in [0.25, 0.3) is 0 Å². The first-order chi connectivity index (χ1) is 15.5. The molecule has 0 spiro atoms. The molecule has 1 aliphatic rings. The summed E-state index contributed by atoms with van der Waals surface area (Å²) >= 11 is 0. The number of amides is 2. The Balaban J connectivity index is 1.40. The number of benzene rings is 3. The van der Waals surface area contributed by atoms with Crippen LogP contribution in [-0.2, 0) is 9.59 Å². The molecule has 32 heavy (non-hydrogen) atoms. The minimum absolute atomic E-state index is 0.0908. The number of ether oxygens (including phenoxy) is 2. The third kappa shape index (κ3) is 4.44. The number of aryl methyl sites for hydroxylation is 1. The summed E-state index contributed by atoms with van der Waals surface area (Å²) < 4.78 is 11.3. The highest BCUT2D eigenvalue weighted by Gasteiger charge is 2.36. The Labute approximate surface area is 187 Å². The van der Waals surface area contributed by atoms with E-state index in [1.807, 2.05) is 62.4 Å². The van der Waals surface area contributed by atoms with E-state index in [4.69, 9.17) is 9.47 Å². The molecule has 0 unspecified atom stereocenters. The minimum atomic E-state index is -0.432. The van der Waals surface area contributed by atoms with Crippen LogP contribution >= 0.6 is 0 Å². The lowest BCUT2D eigenvalue weighted by molar-refractivity contribution is -0.122. The molecule has 0 saturated carbocycles. The van der Waals surface area contributed by atoms with Crippen LogP contribution in [0.4, 0.5) is 11.4 Å². The average molecular weight is 431 g/mol. The van der Waals surface area contributed by atoms with Crippen LogP contribution in [0.25, 0.3) is 0 Å². The molecule has 1 saturated heterocycles. The van der Waals surface area contributed by atoms with Crippen molar-refractivity contribution in [3.63, 3.8) is 0 Å². The maximum atomic E-state index is 12.8. The number of methoxy groups -OCH3 is 1. The van der Waals surface area contributed by atoms with Gasteiger partial charge in [0.05, 0.1) is 18.7 Å². The highest BCUT2D eigenvalue weighted by molar-refractivity contribution is 6.04. The van der Waals surface area contributed by atoms with Crippen molar-refractivity contribution in [3.05, 3.63) is 77.9 Å². The minimum Gasteiger partial charge on any atom is -0.495 e. The van der Waals surface area contributed by atoms with Gasteiger partial charge in [-0.3, -0.25) is 9.59 Å². The molecule has 3 aromatic carbocycles. The fraction of sp³-hybridized carbons (Fsp3) is 0.231. The summed E-state index contributed by atoms with van der Waals surface area (Å²) in [5, 5.41) is 2.91. The maximum absolute atomic E-state index is 12.8. The van der Waals surface area contributed by atoms with Gasteiger partial charge in [-0.25, -0.2) is 0 Å². The van der Waals surface area contributed by atoms with Crippen molar-refractivity contribution in [2.45, 2.75) is 20.3 Å². The third-order valence-electron chi connectivity index (χ3n) is 5.78. The van der Waals surface area contributed by atoms with Gasteiger partial charge < -0.3 is 19.7 Å². The monoisotopic (exact) mass is 430 g/mol. The normalized spacial score (nSPS) is 15.5. The van der Waals surface area contributed by atoms with Crippen LogP contribution < -0.4 is 19.7 Å². The molecule has 2 amide bonds. The van der Waals surface area contributed by atoms with E-state index in [1.165, 1.54) is 5.56 Å². The van der Waals surface area contributed by atoms with Crippen molar-refractivity contribution in [3.8, 4) is 17.2 Å². The molecule has 1 N–H and O–H groups in total. The van der Waals surface area contributed by atoms with Gasteiger partial charge in [0.1, 0.15) is 17.2 Å². The molecule has 1 fully saturated rings. The zero-order valence-electron chi connectivity index (χ0n) is 18.4. The number of para-hydroxylation sites is 2. The van der Waals surface area contributed by atoms with E-state index < -0.39 is 5.92 Å². The van der Waals surface area contributed by atoms with Crippen LogP contribution in [0.15, 0.2) is 66.7 Å². The molecule has 1 atom stereocenters. The largest absolute Gasteiger partial charge is 0.495 e. The summed E-state index contributed by atoms with van der Waals surface area (Å²) in [5.41, 5.74) is 3.60. The fourth-order valence-electron chi connectivity index (χ4n) is 3.78. The lowest BCUT2D eigenvalue weighted by Gasteiger charge is -2.19. The topological polar surface area (TPSA) is 67.9 Å². The number of nitrogens with one attached hydrogen (secondary N) is 1. The van der Waals surface area contributed by atoms with Gasteiger partial charge >= 0.3 is 0 Å². The van der Waals surface area contributed by atoms with Crippen LogP contribution in [0.5, 0.6) is 17.2 Å². The van der Waals surface area contributed by atoms with Crippen molar-refractivity contribution >= 4 is 23.2 Å². The molecule has 0 aliphatic carbocycles. The zero-order chi connectivity index (χ0) is 22.7. The molecule has 0 aromatic heterocycles. The van der Waals surface area contributed by atoms with Crippen LogP contribution in [-0.4, -0.2) is 25.5 Å². The van der Waals surface area contributed by atoms with E-state index in [1.54, 1.807) is 30.2 Å². The SMILES string of the molecule is COc1ccccc1N1C[C@H](C(=O)Nc2ccc(Oc3cccc(C)c3C)cc2)CC1=O. The summed E-state index contributed by atoms with van der Waals surface area (Å²) in [6.45, 7) is 4.39. The van der Waals surface area contributed by atoms with Gasteiger partial charge in [0.15, 0.2) is 0 Å². The number of hydrogen-bond donors (Lipinski definition) is 1. The van der Waals surface area contributed by atoms with Gasteiger partial charge in [-0.1, -0.05) is 24.3 Å². The molecule has 0 bridgehead atoms. The molecular weight excluding hydrogens is 404 g/mol. The number of rotatable bonds is 6.